The lowest BCUT2D eigenvalue weighted by molar-refractivity contribution is 0.416. The van der Waals surface area contributed by atoms with Gasteiger partial charge in [0.1, 0.15) is 5.75 Å². The second-order valence-electron chi connectivity index (χ2n) is 6.10. The molecular formula is C17H16N6O4. The molecule has 0 fully saturated rings. The largest absolute Gasteiger partial charge is 0.507 e. The van der Waals surface area contributed by atoms with Crippen LogP contribution in [-0.4, -0.2) is 33.9 Å². The third-order valence-corrected chi connectivity index (χ3v) is 4.40. The monoisotopic (exact) mass is 368 g/mol. The van der Waals surface area contributed by atoms with Crippen molar-refractivity contribution >= 4 is 11.2 Å². The van der Waals surface area contributed by atoms with Crippen LogP contribution in [0.15, 0.2) is 44.7 Å². The lowest BCUT2D eigenvalue weighted by Gasteiger charge is -2.05. The maximum atomic E-state index is 12.4. The second-order valence-corrected chi connectivity index (χ2v) is 6.10. The van der Waals surface area contributed by atoms with Crippen molar-refractivity contribution in [3.63, 3.8) is 0 Å². The van der Waals surface area contributed by atoms with Crippen LogP contribution in [0, 0.1) is 0 Å². The van der Waals surface area contributed by atoms with Gasteiger partial charge in [-0.05, 0) is 12.1 Å². The van der Waals surface area contributed by atoms with Gasteiger partial charge in [-0.1, -0.05) is 17.3 Å². The Morgan fingerprint density at radius 3 is 2.70 bits per heavy atom. The van der Waals surface area contributed by atoms with Gasteiger partial charge in [-0.15, -0.1) is 0 Å². The van der Waals surface area contributed by atoms with Crippen LogP contribution in [0.1, 0.15) is 5.82 Å². The second kappa shape index (κ2) is 6.24. The van der Waals surface area contributed by atoms with Gasteiger partial charge in [0.05, 0.1) is 11.9 Å². The number of aromatic nitrogens is 6. The fourth-order valence-corrected chi connectivity index (χ4v) is 2.91. The van der Waals surface area contributed by atoms with Gasteiger partial charge in [-0.2, -0.15) is 4.98 Å². The smallest absolute Gasteiger partial charge is 0.332 e. The van der Waals surface area contributed by atoms with Crippen LogP contribution in [0.5, 0.6) is 5.75 Å². The first-order chi connectivity index (χ1) is 13.0. The molecule has 0 aliphatic heterocycles. The number of benzene rings is 1. The Bertz CT molecular complexity index is 1260. The lowest BCUT2D eigenvalue weighted by Crippen LogP contribution is -2.37. The van der Waals surface area contributed by atoms with Gasteiger partial charge in [0, 0.05) is 27.1 Å². The number of aryl methyl sites for hydroxylation is 3. The molecule has 138 valence electrons. The molecule has 0 bridgehead atoms. The highest BCUT2D eigenvalue weighted by Crippen LogP contribution is 2.26. The molecule has 1 aromatic carbocycles. The van der Waals surface area contributed by atoms with Crippen molar-refractivity contribution in [2.45, 2.75) is 13.0 Å². The average Bonchev–Trinajstić information content (AvgIpc) is 3.30. The zero-order valence-corrected chi connectivity index (χ0v) is 14.7. The standard InChI is InChI=1S/C17H16N6O4/c1-21-14-13(16(25)22(2)17(21)26)23(9-18-14)8-7-12-19-15(27-20-12)10-5-3-4-6-11(10)24/h3-6,9,24H,7-8H2,1-2H3. The van der Waals surface area contributed by atoms with Gasteiger partial charge >= 0.3 is 5.69 Å². The molecule has 0 spiro atoms. The summed E-state index contributed by atoms with van der Waals surface area (Å²) in [6, 6.07) is 6.68. The first kappa shape index (κ1) is 16.8. The summed E-state index contributed by atoms with van der Waals surface area (Å²) in [7, 11) is 3.00. The number of fused-ring (bicyclic) bond motifs is 1. The molecule has 1 N–H and O–H groups in total. The Labute approximate surface area is 151 Å². The van der Waals surface area contributed by atoms with Crippen molar-refractivity contribution in [1.82, 2.24) is 28.8 Å². The molecule has 4 rings (SSSR count). The number of nitrogens with zero attached hydrogens (tertiary/aromatic N) is 6. The van der Waals surface area contributed by atoms with Crippen LogP contribution in [0.3, 0.4) is 0 Å². The van der Waals surface area contributed by atoms with E-state index in [1.807, 2.05) is 0 Å². The van der Waals surface area contributed by atoms with E-state index in [0.717, 1.165) is 4.57 Å². The minimum absolute atomic E-state index is 0.0534. The topological polar surface area (TPSA) is 121 Å². The Morgan fingerprint density at radius 1 is 1.15 bits per heavy atom. The van der Waals surface area contributed by atoms with Crippen LogP contribution in [0.4, 0.5) is 0 Å². The van der Waals surface area contributed by atoms with Gasteiger partial charge in [0.2, 0.25) is 0 Å². The minimum Gasteiger partial charge on any atom is -0.507 e. The molecule has 0 amide bonds. The van der Waals surface area contributed by atoms with E-state index in [9.17, 15) is 14.7 Å². The van der Waals surface area contributed by atoms with E-state index in [0.29, 0.717) is 35.5 Å². The van der Waals surface area contributed by atoms with E-state index in [1.54, 1.807) is 29.8 Å². The molecule has 10 nitrogen and oxygen atoms in total. The summed E-state index contributed by atoms with van der Waals surface area (Å²) in [5.74, 6) is 0.700. The Kier molecular flexibility index (Phi) is 3.87. The van der Waals surface area contributed by atoms with E-state index in [2.05, 4.69) is 15.1 Å². The highest BCUT2D eigenvalue weighted by molar-refractivity contribution is 5.69. The Hall–Kier alpha value is -3.69. The highest BCUT2D eigenvalue weighted by Gasteiger charge is 2.16. The lowest BCUT2D eigenvalue weighted by atomic mass is 10.2. The third-order valence-electron chi connectivity index (χ3n) is 4.40. The number of rotatable bonds is 4. The van der Waals surface area contributed by atoms with Crippen LogP contribution in [0.2, 0.25) is 0 Å². The van der Waals surface area contributed by atoms with Gasteiger partial charge in [0.25, 0.3) is 11.4 Å². The Morgan fingerprint density at radius 2 is 1.93 bits per heavy atom. The number of hydrogen-bond acceptors (Lipinski definition) is 7. The van der Waals surface area contributed by atoms with Gasteiger partial charge < -0.3 is 14.2 Å². The fourth-order valence-electron chi connectivity index (χ4n) is 2.91. The summed E-state index contributed by atoms with van der Waals surface area (Å²) < 4.78 is 9.25. The van der Waals surface area contributed by atoms with Crippen molar-refractivity contribution in [3.8, 4) is 17.2 Å². The molecule has 3 aromatic heterocycles. The average molecular weight is 368 g/mol. The third kappa shape index (κ3) is 2.71. The van der Waals surface area contributed by atoms with Crippen molar-refractivity contribution in [2.24, 2.45) is 14.1 Å². The van der Waals surface area contributed by atoms with Gasteiger partial charge in [-0.3, -0.25) is 13.9 Å². The first-order valence-electron chi connectivity index (χ1n) is 8.19. The SMILES string of the molecule is Cn1c(=O)c2c(ncn2CCc2noc(-c3ccccc3O)n2)n(C)c1=O. The van der Waals surface area contributed by atoms with Crippen molar-refractivity contribution < 1.29 is 9.63 Å². The molecule has 0 aliphatic carbocycles. The summed E-state index contributed by atoms with van der Waals surface area (Å²) in [6.45, 7) is 0.379. The summed E-state index contributed by atoms with van der Waals surface area (Å²) >= 11 is 0. The van der Waals surface area contributed by atoms with E-state index < -0.39 is 11.2 Å². The zero-order valence-electron chi connectivity index (χ0n) is 14.7. The zero-order chi connectivity index (χ0) is 19.1. The molecule has 0 saturated carbocycles. The minimum atomic E-state index is -0.428. The molecule has 10 heteroatoms. The number of phenols is 1. The molecular weight excluding hydrogens is 352 g/mol. The predicted octanol–water partition coefficient (Wildman–Crippen LogP) is 0.432. The Balaban J connectivity index is 1.63. The van der Waals surface area contributed by atoms with E-state index in [4.69, 9.17) is 4.52 Å². The number of phenolic OH excluding ortho intramolecular Hbond substituents is 1. The van der Waals surface area contributed by atoms with E-state index >= 15 is 0 Å². The summed E-state index contributed by atoms with van der Waals surface area (Å²) in [5, 5.41) is 13.8. The maximum Gasteiger partial charge on any atom is 0.332 e. The molecule has 4 aromatic rings. The predicted molar refractivity (Wildman–Crippen MR) is 95.3 cm³/mol. The molecule has 0 atom stereocenters. The van der Waals surface area contributed by atoms with Gasteiger partial charge in [0.15, 0.2) is 17.0 Å². The van der Waals surface area contributed by atoms with Crippen LogP contribution >= 0.6 is 0 Å². The molecule has 0 aliphatic rings. The van der Waals surface area contributed by atoms with E-state index in [1.165, 1.54) is 24.0 Å². The van der Waals surface area contributed by atoms with E-state index in [-0.39, 0.29) is 11.6 Å². The molecule has 0 saturated heterocycles. The van der Waals surface area contributed by atoms with Crippen molar-refractivity contribution in [3.05, 3.63) is 57.3 Å². The summed E-state index contributed by atoms with van der Waals surface area (Å²) in [5.41, 5.74) is 0.278. The summed E-state index contributed by atoms with van der Waals surface area (Å²) in [4.78, 5) is 32.9. The highest BCUT2D eigenvalue weighted by atomic mass is 16.5. The summed E-state index contributed by atoms with van der Waals surface area (Å²) in [6.07, 6.45) is 1.89. The van der Waals surface area contributed by atoms with Gasteiger partial charge in [-0.25, -0.2) is 9.78 Å². The molecule has 27 heavy (non-hydrogen) atoms. The van der Waals surface area contributed by atoms with Crippen molar-refractivity contribution in [2.75, 3.05) is 0 Å². The molecule has 3 heterocycles. The first-order valence-corrected chi connectivity index (χ1v) is 8.19. The van der Waals surface area contributed by atoms with Crippen LogP contribution in [-0.2, 0) is 27.1 Å². The number of imidazole rings is 1. The van der Waals surface area contributed by atoms with Crippen molar-refractivity contribution in [1.29, 1.82) is 0 Å². The normalized spacial score (nSPS) is 11.3. The quantitative estimate of drug-likeness (QED) is 0.554. The van der Waals surface area contributed by atoms with Crippen LogP contribution in [0.25, 0.3) is 22.6 Å². The fraction of sp³-hybridized carbons (Fsp3) is 0.235. The molecule has 0 radical (unpaired) electrons. The number of para-hydroxylation sites is 1. The van der Waals surface area contributed by atoms with Crippen LogP contribution < -0.4 is 11.2 Å². The maximum absolute atomic E-state index is 12.4. The number of aromatic hydroxyl groups is 1. The molecule has 0 unspecified atom stereocenters. The number of hydrogen-bond donors (Lipinski definition) is 1.